The van der Waals surface area contributed by atoms with Gasteiger partial charge in [-0.3, -0.25) is 4.57 Å². The molecule has 0 amide bonds. The molecule has 0 aliphatic heterocycles. The topological polar surface area (TPSA) is 43.8 Å². The summed E-state index contributed by atoms with van der Waals surface area (Å²) in [6, 6.07) is 14.6. The number of imidazole rings is 1. The normalized spacial score (nSPS) is 12.8. The molecule has 1 atom stereocenters. The first-order valence-electron chi connectivity index (χ1n) is 6.61. The van der Waals surface area contributed by atoms with Gasteiger partial charge in [-0.15, -0.1) is 0 Å². The zero-order valence-corrected chi connectivity index (χ0v) is 12.8. The van der Waals surface area contributed by atoms with Gasteiger partial charge in [0, 0.05) is 16.2 Å². The van der Waals surface area contributed by atoms with Crippen molar-refractivity contribution in [1.29, 1.82) is 0 Å². The Bertz CT molecular complexity index is 746. The van der Waals surface area contributed by atoms with Crippen molar-refractivity contribution >= 4 is 27.0 Å². The van der Waals surface area contributed by atoms with Crippen LogP contribution in [0.3, 0.4) is 0 Å². The summed E-state index contributed by atoms with van der Waals surface area (Å²) in [5, 5.41) is 0. The summed E-state index contributed by atoms with van der Waals surface area (Å²) < 4.78 is 3.18. The van der Waals surface area contributed by atoms with Crippen molar-refractivity contribution < 1.29 is 0 Å². The standard InChI is InChI=1S/C16H16BrN3/c1-11(18)8-12-6-7-13(9-14(12)17)20-10-19-15-4-2-3-5-16(15)20/h2-7,9-11H,8,18H2,1H3. The first-order chi connectivity index (χ1) is 9.65. The third-order valence-corrected chi connectivity index (χ3v) is 4.05. The summed E-state index contributed by atoms with van der Waals surface area (Å²) in [4.78, 5) is 4.42. The number of hydrogen-bond donors (Lipinski definition) is 1. The molecule has 1 heterocycles. The summed E-state index contributed by atoms with van der Waals surface area (Å²) in [7, 11) is 0. The Kier molecular flexibility index (Phi) is 3.59. The maximum absolute atomic E-state index is 5.86. The third kappa shape index (κ3) is 2.49. The molecule has 3 nitrogen and oxygen atoms in total. The van der Waals surface area contributed by atoms with Crippen molar-refractivity contribution in [3.05, 3.63) is 58.8 Å². The highest BCUT2D eigenvalue weighted by Crippen LogP contribution is 2.24. The van der Waals surface area contributed by atoms with Gasteiger partial charge in [-0.05, 0) is 43.2 Å². The average molecular weight is 330 g/mol. The molecule has 0 spiro atoms. The fourth-order valence-electron chi connectivity index (χ4n) is 2.36. The van der Waals surface area contributed by atoms with Crippen LogP contribution >= 0.6 is 15.9 Å². The molecule has 0 bridgehead atoms. The fraction of sp³-hybridized carbons (Fsp3) is 0.188. The van der Waals surface area contributed by atoms with E-state index in [1.165, 1.54) is 5.56 Å². The number of halogens is 1. The van der Waals surface area contributed by atoms with Crippen LogP contribution in [-0.4, -0.2) is 15.6 Å². The van der Waals surface area contributed by atoms with Crippen molar-refractivity contribution in [2.45, 2.75) is 19.4 Å². The molecule has 1 aromatic heterocycles. The summed E-state index contributed by atoms with van der Waals surface area (Å²) in [5.41, 5.74) is 10.3. The minimum Gasteiger partial charge on any atom is -0.328 e. The highest BCUT2D eigenvalue weighted by Gasteiger charge is 2.07. The molecule has 3 rings (SSSR count). The Morgan fingerprint density at radius 3 is 2.80 bits per heavy atom. The van der Waals surface area contributed by atoms with Crippen LogP contribution in [0.15, 0.2) is 53.3 Å². The van der Waals surface area contributed by atoms with Gasteiger partial charge < -0.3 is 5.73 Å². The maximum Gasteiger partial charge on any atom is 0.100 e. The number of rotatable bonds is 3. The van der Waals surface area contributed by atoms with Crippen LogP contribution in [0.4, 0.5) is 0 Å². The molecule has 0 aliphatic carbocycles. The van der Waals surface area contributed by atoms with Gasteiger partial charge in [0.1, 0.15) is 6.33 Å². The molecule has 0 radical (unpaired) electrons. The molecule has 2 aromatic carbocycles. The second kappa shape index (κ2) is 5.38. The van der Waals surface area contributed by atoms with E-state index in [0.717, 1.165) is 27.6 Å². The molecular formula is C16H16BrN3. The van der Waals surface area contributed by atoms with E-state index in [-0.39, 0.29) is 6.04 Å². The lowest BCUT2D eigenvalue weighted by Crippen LogP contribution is -2.18. The van der Waals surface area contributed by atoms with Crippen molar-refractivity contribution in [2.75, 3.05) is 0 Å². The molecule has 20 heavy (non-hydrogen) atoms. The number of nitrogens with zero attached hydrogens (tertiary/aromatic N) is 2. The Balaban J connectivity index is 2.04. The highest BCUT2D eigenvalue weighted by molar-refractivity contribution is 9.10. The van der Waals surface area contributed by atoms with Crippen molar-refractivity contribution in [1.82, 2.24) is 9.55 Å². The predicted molar refractivity (Wildman–Crippen MR) is 86.1 cm³/mol. The molecule has 4 heteroatoms. The number of benzene rings is 2. The van der Waals surface area contributed by atoms with Crippen LogP contribution in [0, 0.1) is 0 Å². The number of aromatic nitrogens is 2. The predicted octanol–water partition coefficient (Wildman–Crippen LogP) is 3.68. The van der Waals surface area contributed by atoms with E-state index in [0.29, 0.717) is 0 Å². The van der Waals surface area contributed by atoms with E-state index in [4.69, 9.17) is 5.73 Å². The zero-order valence-electron chi connectivity index (χ0n) is 11.3. The molecule has 0 saturated carbocycles. The zero-order chi connectivity index (χ0) is 14.1. The number of hydrogen-bond acceptors (Lipinski definition) is 2. The summed E-state index contributed by atoms with van der Waals surface area (Å²) in [6.07, 6.45) is 2.73. The van der Waals surface area contributed by atoms with Crippen LogP contribution < -0.4 is 5.73 Å². The van der Waals surface area contributed by atoms with Crippen LogP contribution in [0.2, 0.25) is 0 Å². The van der Waals surface area contributed by atoms with Gasteiger partial charge in [-0.25, -0.2) is 4.98 Å². The van der Waals surface area contributed by atoms with E-state index in [1.54, 1.807) is 0 Å². The van der Waals surface area contributed by atoms with Crippen LogP contribution in [0.25, 0.3) is 16.7 Å². The summed E-state index contributed by atoms with van der Waals surface area (Å²) in [5.74, 6) is 0. The minimum atomic E-state index is 0.159. The lowest BCUT2D eigenvalue weighted by atomic mass is 10.1. The Morgan fingerprint density at radius 2 is 2.05 bits per heavy atom. The van der Waals surface area contributed by atoms with E-state index in [9.17, 15) is 0 Å². The quantitative estimate of drug-likeness (QED) is 0.796. The van der Waals surface area contributed by atoms with Crippen LogP contribution in [-0.2, 0) is 6.42 Å². The first-order valence-corrected chi connectivity index (χ1v) is 7.41. The Hall–Kier alpha value is -1.65. The van der Waals surface area contributed by atoms with Gasteiger partial charge in [-0.1, -0.05) is 34.1 Å². The second-order valence-corrected chi connectivity index (χ2v) is 5.91. The van der Waals surface area contributed by atoms with Gasteiger partial charge >= 0.3 is 0 Å². The monoisotopic (exact) mass is 329 g/mol. The fourth-order valence-corrected chi connectivity index (χ4v) is 2.89. The van der Waals surface area contributed by atoms with Gasteiger partial charge in [0.05, 0.1) is 11.0 Å². The molecular weight excluding hydrogens is 314 g/mol. The molecule has 102 valence electrons. The smallest absolute Gasteiger partial charge is 0.100 e. The molecule has 1 unspecified atom stereocenters. The molecule has 2 N–H and O–H groups in total. The largest absolute Gasteiger partial charge is 0.328 e. The number of fused-ring (bicyclic) bond motifs is 1. The van der Waals surface area contributed by atoms with Crippen molar-refractivity contribution in [3.8, 4) is 5.69 Å². The highest BCUT2D eigenvalue weighted by atomic mass is 79.9. The average Bonchev–Trinajstić information content (AvgIpc) is 2.84. The third-order valence-electron chi connectivity index (χ3n) is 3.31. The van der Waals surface area contributed by atoms with Crippen LogP contribution in [0.1, 0.15) is 12.5 Å². The van der Waals surface area contributed by atoms with Gasteiger partial charge in [0.2, 0.25) is 0 Å². The summed E-state index contributed by atoms with van der Waals surface area (Å²) >= 11 is 3.64. The van der Waals surface area contributed by atoms with Crippen molar-refractivity contribution in [3.63, 3.8) is 0 Å². The van der Waals surface area contributed by atoms with Crippen molar-refractivity contribution in [2.24, 2.45) is 5.73 Å². The second-order valence-electron chi connectivity index (χ2n) is 5.06. The Morgan fingerprint density at radius 1 is 1.25 bits per heavy atom. The lowest BCUT2D eigenvalue weighted by molar-refractivity contribution is 0.736. The molecule has 0 saturated heterocycles. The summed E-state index contributed by atoms with van der Waals surface area (Å²) in [6.45, 7) is 2.02. The number of nitrogens with two attached hydrogens (primary N) is 1. The maximum atomic E-state index is 5.86. The minimum absolute atomic E-state index is 0.159. The van der Waals surface area contributed by atoms with Crippen LogP contribution in [0.5, 0.6) is 0 Å². The molecule has 3 aromatic rings. The molecule has 0 aliphatic rings. The van der Waals surface area contributed by atoms with E-state index in [1.807, 2.05) is 31.5 Å². The SMILES string of the molecule is CC(N)Cc1ccc(-n2cnc3ccccc32)cc1Br. The number of para-hydroxylation sites is 2. The van der Waals surface area contributed by atoms with Gasteiger partial charge in [0.15, 0.2) is 0 Å². The van der Waals surface area contributed by atoms with E-state index < -0.39 is 0 Å². The van der Waals surface area contributed by atoms with Gasteiger partial charge in [-0.2, -0.15) is 0 Å². The van der Waals surface area contributed by atoms with Gasteiger partial charge in [0.25, 0.3) is 0 Å². The Labute approximate surface area is 126 Å². The lowest BCUT2D eigenvalue weighted by Gasteiger charge is -2.10. The van der Waals surface area contributed by atoms with E-state index >= 15 is 0 Å². The van der Waals surface area contributed by atoms with E-state index in [2.05, 4.69) is 49.7 Å². The first kappa shape index (κ1) is 13.3. The molecule has 0 fully saturated rings.